The maximum atomic E-state index is 13.6. The van der Waals surface area contributed by atoms with Crippen LogP contribution in [0.15, 0.2) is 18.2 Å². The number of rotatable bonds is 4. The molecule has 0 amide bonds. The summed E-state index contributed by atoms with van der Waals surface area (Å²) in [6, 6.07) is 0.531. The predicted octanol–water partition coefficient (Wildman–Crippen LogP) is 0.617. The lowest BCUT2D eigenvalue weighted by Gasteiger charge is -2.46. The van der Waals surface area contributed by atoms with Crippen molar-refractivity contribution in [2.75, 3.05) is 6.61 Å². The van der Waals surface area contributed by atoms with E-state index in [0.29, 0.717) is 0 Å². The first-order chi connectivity index (χ1) is 12.4. The molecule has 1 heterocycles. The lowest BCUT2D eigenvalue weighted by Crippen LogP contribution is -2.73. The van der Waals surface area contributed by atoms with Gasteiger partial charge in [0, 0.05) is 12.1 Å². The number of carbonyl (C=O) groups excluding carboxylic acids is 1. The molecule has 0 radical (unpaired) electrons. The van der Waals surface area contributed by atoms with Gasteiger partial charge in [-0.3, -0.25) is 14.9 Å². The van der Waals surface area contributed by atoms with Crippen LogP contribution in [0.25, 0.3) is 0 Å². The summed E-state index contributed by atoms with van der Waals surface area (Å²) in [5.41, 5.74) is -4.99. The van der Waals surface area contributed by atoms with Gasteiger partial charge in [0.25, 0.3) is 11.4 Å². The highest BCUT2D eigenvalue weighted by molar-refractivity contribution is 7.80. The molecule has 1 aliphatic rings. The second-order valence-electron chi connectivity index (χ2n) is 5.55. The molecule has 2 rings (SSSR count). The average Bonchev–Trinajstić information content (AvgIpc) is 2.53. The Morgan fingerprint density at radius 3 is 2.63 bits per heavy atom. The van der Waals surface area contributed by atoms with Crippen molar-refractivity contribution in [2.45, 2.75) is 24.9 Å². The zero-order chi connectivity index (χ0) is 20.6. The van der Waals surface area contributed by atoms with Crippen molar-refractivity contribution in [3.05, 3.63) is 33.9 Å². The SMILES string of the molecule is CCOC(=O)[C@@H]1[C@@H](c2cc([N+](=O)[O-])ccc2[O-])NC(=S)N[C@]1(O)C(F)(F)F. The van der Waals surface area contributed by atoms with E-state index in [9.17, 15) is 38.3 Å². The number of nitro benzene ring substituents is 1. The number of benzene rings is 1. The van der Waals surface area contributed by atoms with Gasteiger partial charge in [0.2, 0.25) is 0 Å². The molecule has 13 heteroatoms. The van der Waals surface area contributed by atoms with E-state index in [4.69, 9.17) is 0 Å². The molecule has 0 aliphatic carbocycles. The van der Waals surface area contributed by atoms with Crippen LogP contribution in [-0.4, -0.2) is 39.6 Å². The fraction of sp³-hybridized carbons (Fsp3) is 0.429. The first-order valence-electron chi connectivity index (χ1n) is 7.42. The topological polar surface area (TPSA) is 137 Å². The Kier molecular flexibility index (Phi) is 5.47. The Morgan fingerprint density at radius 1 is 1.48 bits per heavy atom. The van der Waals surface area contributed by atoms with E-state index in [0.717, 1.165) is 18.2 Å². The third kappa shape index (κ3) is 3.73. The summed E-state index contributed by atoms with van der Waals surface area (Å²) in [4.78, 5) is 22.3. The van der Waals surface area contributed by atoms with Gasteiger partial charge in [0.1, 0.15) is 5.92 Å². The normalized spacial score (nSPS) is 25.3. The quantitative estimate of drug-likeness (QED) is 0.283. The van der Waals surface area contributed by atoms with Gasteiger partial charge in [-0.15, -0.1) is 5.75 Å². The number of hydrogen-bond acceptors (Lipinski definition) is 7. The number of carbonyl (C=O) groups is 1. The van der Waals surface area contributed by atoms with E-state index >= 15 is 0 Å². The van der Waals surface area contributed by atoms with Crippen molar-refractivity contribution in [3.63, 3.8) is 0 Å². The first-order valence-corrected chi connectivity index (χ1v) is 7.83. The number of nitrogens with one attached hydrogen (secondary N) is 2. The minimum atomic E-state index is -5.39. The van der Waals surface area contributed by atoms with Crippen molar-refractivity contribution >= 4 is 29.0 Å². The molecule has 0 unspecified atom stereocenters. The van der Waals surface area contributed by atoms with Gasteiger partial charge >= 0.3 is 12.1 Å². The summed E-state index contributed by atoms with van der Waals surface area (Å²) in [7, 11) is 0. The summed E-state index contributed by atoms with van der Waals surface area (Å²) in [6.45, 7) is 1.03. The lowest BCUT2D eigenvalue weighted by atomic mass is 9.81. The standard InChI is InChI=1S/C14H14F3N3O6S/c1-2-26-11(22)9-10(7-5-6(20(24)25)3-4-8(7)21)18-12(27)19-13(9,23)14(15,16)17/h3-5,9-10,21,23H,2H2,1H3,(H2,18,19,27)/p-1/t9-,10+,13+/m0/s1. The summed E-state index contributed by atoms with van der Waals surface area (Å²) in [6.07, 6.45) is -5.39. The molecule has 0 bridgehead atoms. The van der Waals surface area contributed by atoms with Gasteiger partial charge in [0.05, 0.1) is 17.6 Å². The Bertz CT molecular complexity index is 790. The molecule has 1 saturated heterocycles. The molecule has 0 saturated carbocycles. The number of nitrogens with zero attached hydrogens (tertiary/aromatic N) is 1. The summed E-state index contributed by atoms with van der Waals surface area (Å²) < 4.78 is 45.3. The third-order valence-electron chi connectivity index (χ3n) is 3.89. The number of thiocarbonyl (C=S) groups is 1. The fourth-order valence-electron chi connectivity index (χ4n) is 2.69. The number of hydrogen-bond donors (Lipinski definition) is 3. The number of ether oxygens (including phenoxy) is 1. The molecule has 148 valence electrons. The molecule has 1 aromatic rings. The summed E-state index contributed by atoms with van der Waals surface area (Å²) in [5.74, 6) is -4.77. The second kappa shape index (κ2) is 7.15. The number of nitro groups is 1. The highest BCUT2D eigenvalue weighted by atomic mass is 32.1. The monoisotopic (exact) mass is 408 g/mol. The van der Waals surface area contributed by atoms with Crippen LogP contribution >= 0.6 is 12.2 Å². The molecule has 27 heavy (non-hydrogen) atoms. The van der Waals surface area contributed by atoms with E-state index in [-0.39, 0.29) is 6.61 Å². The van der Waals surface area contributed by atoms with Crippen LogP contribution < -0.4 is 15.7 Å². The van der Waals surface area contributed by atoms with E-state index < -0.39 is 56.9 Å². The molecule has 1 aliphatic heterocycles. The first kappa shape index (κ1) is 20.6. The smallest absolute Gasteiger partial charge is 0.437 e. The molecular formula is C14H13F3N3O6S-. The van der Waals surface area contributed by atoms with Crippen LogP contribution in [0.2, 0.25) is 0 Å². The van der Waals surface area contributed by atoms with Gasteiger partial charge in [0.15, 0.2) is 5.11 Å². The Labute approximate surface area is 155 Å². The number of esters is 1. The summed E-state index contributed by atoms with van der Waals surface area (Å²) >= 11 is 4.66. The Hall–Kier alpha value is -2.67. The minimum absolute atomic E-state index is 0.306. The van der Waals surface area contributed by atoms with E-state index in [1.54, 1.807) is 5.32 Å². The van der Waals surface area contributed by atoms with Crippen molar-refractivity contribution in [2.24, 2.45) is 5.92 Å². The third-order valence-corrected chi connectivity index (χ3v) is 4.11. The van der Waals surface area contributed by atoms with Crippen LogP contribution in [0.4, 0.5) is 18.9 Å². The minimum Gasteiger partial charge on any atom is -0.872 e. The van der Waals surface area contributed by atoms with Gasteiger partial charge in [-0.2, -0.15) is 13.2 Å². The highest BCUT2D eigenvalue weighted by Gasteiger charge is 2.66. The van der Waals surface area contributed by atoms with Gasteiger partial charge < -0.3 is 25.6 Å². The van der Waals surface area contributed by atoms with Gasteiger partial charge in [-0.1, -0.05) is 6.07 Å². The molecular weight excluding hydrogens is 395 g/mol. The maximum Gasteiger partial charge on any atom is 0.437 e. The van der Waals surface area contributed by atoms with Gasteiger partial charge in [-0.05, 0) is 24.7 Å². The van der Waals surface area contributed by atoms with Crippen LogP contribution in [0, 0.1) is 16.0 Å². The van der Waals surface area contributed by atoms with E-state index in [1.165, 1.54) is 6.92 Å². The number of non-ortho nitro benzene ring substituents is 1. The van der Waals surface area contributed by atoms with Crippen LogP contribution in [0.1, 0.15) is 18.5 Å². The Morgan fingerprint density at radius 2 is 2.11 bits per heavy atom. The molecule has 0 spiro atoms. The average molecular weight is 408 g/mol. The second-order valence-corrected chi connectivity index (χ2v) is 5.96. The summed E-state index contributed by atoms with van der Waals surface area (Å²) in [5, 5.41) is 36.5. The van der Waals surface area contributed by atoms with Crippen LogP contribution in [0.3, 0.4) is 0 Å². The van der Waals surface area contributed by atoms with E-state index in [2.05, 4.69) is 22.3 Å². The van der Waals surface area contributed by atoms with E-state index in [1.807, 2.05) is 0 Å². The highest BCUT2D eigenvalue weighted by Crippen LogP contribution is 2.44. The number of alkyl halides is 3. The Balaban J connectivity index is 2.68. The molecule has 1 aromatic carbocycles. The van der Waals surface area contributed by atoms with Crippen LogP contribution in [0.5, 0.6) is 5.75 Å². The molecule has 0 aromatic heterocycles. The van der Waals surface area contributed by atoms with Crippen LogP contribution in [-0.2, 0) is 9.53 Å². The zero-order valence-corrected chi connectivity index (χ0v) is 14.4. The fourth-order valence-corrected chi connectivity index (χ4v) is 2.97. The predicted molar refractivity (Wildman–Crippen MR) is 85.3 cm³/mol. The van der Waals surface area contributed by atoms with Crippen molar-refractivity contribution in [1.29, 1.82) is 0 Å². The molecule has 9 nitrogen and oxygen atoms in total. The van der Waals surface area contributed by atoms with Crippen molar-refractivity contribution in [1.82, 2.24) is 10.6 Å². The van der Waals surface area contributed by atoms with Gasteiger partial charge in [-0.25, -0.2) is 0 Å². The molecule has 3 N–H and O–H groups in total. The lowest BCUT2D eigenvalue weighted by molar-refractivity contribution is -0.385. The largest absolute Gasteiger partial charge is 0.872 e. The van der Waals surface area contributed by atoms with Crippen molar-refractivity contribution < 1.29 is 37.8 Å². The number of halogens is 3. The molecule has 3 atom stereocenters. The number of aliphatic hydroxyl groups is 1. The zero-order valence-electron chi connectivity index (χ0n) is 13.6. The van der Waals surface area contributed by atoms with Crippen molar-refractivity contribution in [3.8, 4) is 5.75 Å². The molecule has 1 fully saturated rings. The maximum absolute atomic E-state index is 13.6.